The largest absolute Gasteiger partial charge is 0.452 e. The molecule has 0 aliphatic heterocycles. The van der Waals surface area contributed by atoms with Gasteiger partial charge in [0.15, 0.2) is 6.61 Å². The minimum Gasteiger partial charge on any atom is -0.452 e. The van der Waals surface area contributed by atoms with Gasteiger partial charge < -0.3 is 10.1 Å². The summed E-state index contributed by atoms with van der Waals surface area (Å²) in [5, 5.41) is 2.64. The second kappa shape index (κ2) is 7.54. The predicted octanol–water partition coefficient (Wildman–Crippen LogP) is 0.725. The standard InChI is InChI=1S/C15H17FN2O5S/c1-2-7-17-24(21,22)13-8-10(3-6-12(13)16)15(20)23-9-14(19)18-11-4-5-11/h2-3,6,8,11,17H,1,4-5,7,9H2,(H,18,19). The highest BCUT2D eigenvalue weighted by Gasteiger charge is 2.24. The SMILES string of the molecule is C=CCNS(=O)(=O)c1cc(C(=O)OCC(=O)NC2CC2)ccc1F. The van der Waals surface area contributed by atoms with E-state index in [0.29, 0.717) is 0 Å². The van der Waals surface area contributed by atoms with Crippen molar-refractivity contribution < 1.29 is 27.1 Å². The Kier molecular flexibility index (Phi) is 5.68. The zero-order valence-electron chi connectivity index (χ0n) is 12.7. The number of esters is 1. The van der Waals surface area contributed by atoms with Gasteiger partial charge in [0.05, 0.1) is 5.56 Å². The molecule has 0 spiro atoms. The van der Waals surface area contributed by atoms with Crippen molar-refractivity contribution in [3.8, 4) is 0 Å². The number of hydrogen-bond acceptors (Lipinski definition) is 5. The van der Waals surface area contributed by atoms with Crippen molar-refractivity contribution >= 4 is 21.9 Å². The summed E-state index contributed by atoms with van der Waals surface area (Å²) in [6.45, 7) is 2.79. The van der Waals surface area contributed by atoms with Gasteiger partial charge in [-0.1, -0.05) is 6.08 Å². The maximum Gasteiger partial charge on any atom is 0.338 e. The minimum absolute atomic E-state index is 0.0855. The number of sulfonamides is 1. The highest BCUT2D eigenvalue weighted by atomic mass is 32.2. The lowest BCUT2D eigenvalue weighted by molar-refractivity contribution is -0.124. The average molecular weight is 356 g/mol. The maximum atomic E-state index is 13.8. The number of carbonyl (C=O) groups is 2. The van der Waals surface area contributed by atoms with Gasteiger partial charge in [-0.15, -0.1) is 6.58 Å². The Morgan fingerprint density at radius 1 is 1.38 bits per heavy atom. The molecule has 2 rings (SSSR count). The van der Waals surface area contributed by atoms with Crippen molar-refractivity contribution in [3.63, 3.8) is 0 Å². The van der Waals surface area contributed by atoms with Crippen LogP contribution in [-0.2, 0) is 19.6 Å². The molecule has 1 aliphatic carbocycles. The molecule has 0 saturated heterocycles. The number of rotatable bonds is 8. The molecule has 1 fully saturated rings. The lowest BCUT2D eigenvalue weighted by Crippen LogP contribution is -2.30. The Balaban J connectivity index is 2.07. The summed E-state index contributed by atoms with van der Waals surface area (Å²) in [5.41, 5.74) is -0.172. The van der Waals surface area contributed by atoms with Gasteiger partial charge >= 0.3 is 5.97 Å². The van der Waals surface area contributed by atoms with Crippen molar-refractivity contribution in [3.05, 3.63) is 42.2 Å². The molecule has 1 aromatic rings. The molecule has 7 nitrogen and oxygen atoms in total. The molecule has 0 unspecified atom stereocenters. The third-order valence-electron chi connectivity index (χ3n) is 3.15. The molecule has 0 aromatic heterocycles. The summed E-state index contributed by atoms with van der Waals surface area (Å²) in [4.78, 5) is 22.7. The minimum atomic E-state index is -4.13. The second-order valence-electron chi connectivity index (χ2n) is 5.20. The molecule has 130 valence electrons. The van der Waals surface area contributed by atoms with E-state index < -0.39 is 39.2 Å². The zero-order valence-corrected chi connectivity index (χ0v) is 13.6. The van der Waals surface area contributed by atoms with Crippen LogP contribution in [0.1, 0.15) is 23.2 Å². The lowest BCUT2D eigenvalue weighted by atomic mass is 10.2. The molecule has 0 bridgehead atoms. The van der Waals surface area contributed by atoms with Gasteiger partial charge in [0, 0.05) is 12.6 Å². The number of carbonyl (C=O) groups excluding carboxylic acids is 2. The molecular weight excluding hydrogens is 339 g/mol. The summed E-state index contributed by atoms with van der Waals surface area (Å²) in [7, 11) is -4.13. The van der Waals surface area contributed by atoms with Crippen molar-refractivity contribution in [1.82, 2.24) is 10.0 Å². The van der Waals surface area contributed by atoms with Gasteiger partial charge in [-0.3, -0.25) is 4.79 Å². The Labute approximate surface area is 138 Å². The molecule has 1 aromatic carbocycles. The summed E-state index contributed by atoms with van der Waals surface area (Å²) >= 11 is 0. The number of halogens is 1. The molecule has 0 atom stereocenters. The first-order valence-electron chi connectivity index (χ1n) is 7.20. The quantitative estimate of drug-likeness (QED) is 0.528. The van der Waals surface area contributed by atoms with Crippen LogP contribution in [0.25, 0.3) is 0 Å². The molecule has 0 radical (unpaired) electrons. The molecule has 1 aliphatic rings. The van der Waals surface area contributed by atoms with Crippen molar-refractivity contribution in [2.45, 2.75) is 23.8 Å². The highest BCUT2D eigenvalue weighted by molar-refractivity contribution is 7.89. The third-order valence-corrected chi connectivity index (χ3v) is 4.59. The summed E-state index contributed by atoms with van der Waals surface area (Å²) in [5.74, 6) is -2.36. The van der Waals surface area contributed by atoms with Crippen LogP contribution in [0.2, 0.25) is 0 Å². The molecule has 9 heteroatoms. The van der Waals surface area contributed by atoms with Crippen molar-refractivity contribution in [2.24, 2.45) is 0 Å². The van der Waals surface area contributed by atoms with Crippen LogP contribution in [-0.4, -0.2) is 39.5 Å². The number of ether oxygens (including phenoxy) is 1. The molecule has 2 N–H and O–H groups in total. The van der Waals surface area contributed by atoms with Gasteiger partial charge in [-0.2, -0.15) is 0 Å². The zero-order chi connectivity index (χ0) is 17.7. The fourth-order valence-electron chi connectivity index (χ4n) is 1.79. The van der Waals surface area contributed by atoms with Crippen LogP contribution in [0.5, 0.6) is 0 Å². The Morgan fingerprint density at radius 3 is 2.71 bits per heavy atom. The van der Waals surface area contributed by atoms with Gasteiger partial charge in [-0.05, 0) is 31.0 Å². The average Bonchev–Trinajstić information content (AvgIpc) is 3.35. The Bertz CT molecular complexity index is 759. The summed E-state index contributed by atoms with van der Waals surface area (Å²) < 4.78 is 44.6. The first-order valence-corrected chi connectivity index (χ1v) is 8.68. The molecule has 1 amide bonds. The van der Waals surface area contributed by atoms with E-state index in [1.54, 1.807) is 0 Å². The van der Waals surface area contributed by atoms with Crippen LogP contribution in [0.4, 0.5) is 4.39 Å². The van der Waals surface area contributed by atoms with Crippen LogP contribution in [0.15, 0.2) is 35.7 Å². The van der Waals surface area contributed by atoms with Crippen LogP contribution in [0.3, 0.4) is 0 Å². The maximum absolute atomic E-state index is 13.8. The molecule has 1 saturated carbocycles. The summed E-state index contributed by atoms with van der Waals surface area (Å²) in [6, 6.07) is 2.93. The number of amides is 1. The Morgan fingerprint density at radius 2 is 2.08 bits per heavy atom. The van der Waals surface area contributed by atoms with Crippen LogP contribution in [0, 0.1) is 5.82 Å². The topological polar surface area (TPSA) is 102 Å². The Hall–Kier alpha value is -2.26. The third kappa shape index (κ3) is 4.87. The first-order chi connectivity index (χ1) is 11.3. The fourth-order valence-corrected chi connectivity index (χ4v) is 2.89. The van der Waals surface area contributed by atoms with Crippen LogP contribution >= 0.6 is 0 Å². The van der Waals surface area contributed by atoms with E-state index in [1.165, 1.54) is 6.08 Å². The van der Waals surface area contributed by atoms with Gasteiger partial charge in [0.25, 0.3) is 5.91 Å². The van der Waals surface area contributed by atoms with Crippen LogP contribution < -0.4 is 10.0 Å². The predicted molar refractivity (Wildman–Crippen MR) is 83.2 cm³/mol. The number of benzene rings is 1. The normalized spacial score (nSPS) is 14.0. The smallest absolute Gasteiger partial charge is 0.338 e. The molecular formula is C15H17FN2O5S. The molecule has 24 heavy (non-hydrogen) atoms. The monoisotopic (exact) mass is 356 g/mol. The van der Waals surface area contributed by atoms with E-state index in [-0.39, 0.29) is 18.2 Å². The van der Waals surface area contributed by atoms with Gasteiger partial charge in [-0.25, -0.2) is 22.3 Å². The van der Waals surface area contributed by atoms with E-state index in [2.05, 4.69) is 16.6 Å². The van der Waals surface area contributed by atoms with E-state index in [9.17, 15) is 22.4 Å². The molecule has 0 heterocycles. The fraction of sp³-hybridized carbons (Fsp3) is 0.333. The highest BCUT2D eigenvalue weighted by Crippen LogP contribution is 2.19. The first kappa shape index (κ1) is 18.1. The van der Waals surface area contributed by atoms with Gasteiger partial charge in [0.1, 0.15) is 10.7 Å². The van der Waals surface area contributed by atoms with Crippen molar-refractivity contribution in [1.29, 1.82) is 0 Å². The lowest BCUT2D eigenvalue weighted by Gasteiger charge is -2.09. The van der Waals surface area contributed by atoms with Crippen molar-refractivity contribution in [2.75, 3.05) is 13.2 Å². The summed E-state index contributed by atoms with van der Waals surface area (Å²) in [6.07, 6.45) is 3.10. The van der Waals surface area contributed by atoms with E-state index in [4.69, 9.17) is 4.74 Å². The van der Waals surface area contributed by atoms with Gasteiger partial charge in [0.2, 0.25) is 10.0 Å². The van der Waals surface area contributed by atoms with E-state index in [0.717, 1.165) is 31.0 Å². The second-order valence-corrected chi connectivity index (χ2v) is 6.94. The number of nitrogens with one attached hydrogen (secondary N) is 2. The van der Waals surface area contributed by atoms with E-state index >= 15 is 0 Å². The number of hydrogen-bond donors (Lipinski definition) is 2. The van der Waals surface area contributed by atoms with E-state index in [1.807, 2.05) is 0 Å².